The Kier molecular flexibility index (Phi) is 3.41. The Morgan fingerprint density at radius 2 is 1.96 bits per heavy atom. The summed E-state index contributed by atoms with van der Waals surface area (Å²) < 4.78 is 21.8. The molecule has 0 unspecified atom stereocenters. The van der Waals surface area contributed by atoms with Gasteiger partial charge in [-0.3, -0.25) is 4.79 Å². The summed E-state index contributed by atoms with van der Waals surface area (Å²) in [4.78, 5) is 13.2. The second-order valence-corrected chi connectivity index (χ2v) is 6.29. The maximum absolute atomic E-state index is 14.5. The molecule has 1 aromatic heterocycles. The molecule has 4 heteroatoms. The highest BCUT2D eigenvalue weighted by atomic mass is 19.1. The molecule has 3 aromatic rings. The average Bonchev–Trinajstić information content (AvgIpc) is 3.14. The van der Waals surface area contributed by atoms with E-state index < -0.39 is 0 Å². The van der Waals surface area contributed by atoms with Crippen molar-refractivity contribution in [3.05, 3.63) is 65.1 Å². The van der Waals surface area contributed by atoms with E-state index in [1.165, 1.54) is 6.07 Å². The van der Waals surface area contributed by atoms with Gasteiger partial charge in [0.25, 0.3) is 0 Å². The highest BCUT2D eigenvalue weighted by Crippen LogP contribution is 2.40. The number of rotatable bonds is 3. The van der Waals surface area contributed by atoms with Crippen molar-refractivity contribution in [2.24, 2.45) is 0 Å². The van der Waals surface area contributed by atoms with Crippen LogP contribution in [0.2, 0.25) is 0 Å². The first-order valence-electron chi connectivity index (χ1n) is 8.11. The van der Waals surface area contributed by atoms with Crippen molar-refractivity contribution in [3.8, 4) is 5.75 Å². The molecule has 1 aliphatic rings. The van der Waals surface area contributed by atoms with Gasteiger partial charge >= 0.3 is 0 Å². The van der Waals surface area contributed by atoms with Gasteiger partial charge in [0.2, 0.25) is 0 Å². The Morgan fingerprint density at radius 3 is 2.67 bits per heavy atom. The number of ether oxygens (including phenoxy) is 1. The van der Waals surface area contributed by atoms with E-state index in [2.05, 4.69) is 11.5 Å². The highest BCUT2D eigenvalue weighted by molar-refractivity contribution is 6.18. The summed E-state index contributed by atoms with van der Waals surface area (Å²) in [5.74, 6) is 0.473. The lowest BCUT2D eigenvalue weighted by Gasteiger charge is -2.08. The summed E-state index contributed by atoms with van der Waals surface area (Å²) in [5.41, 5.74) is 2.83. The number of aromatic nitrogens is 1. The highest BCUT2D eigenvalue weighted by Gasteiger charge is 2.31. The number of benzene rings is 2. The van der Waals surface area contributed by atoms with Crippen LogP contribution in [-0.2, 0) is 6.54 Å². The lowest BCUT2D eigenvalue weighted by atomic mass is 9.94. The predicted molar refractivity (Wildman–Crippen MR) is 91.4 cm³/mol. The smallest absolute Gasteiger partial charge is 0.195 e. The van der Waals surface area contributed by atoms with Crippen molar-refractivity contribution in [1.29, 1.82) is 0 Å². The number of carbonyl (C=O) groups is 1. The standard InChI is InChI=1S/C20H18FNO2/c1-12-10-11-22-16-5-3-4-15(21)17(16)18(19(12)22)20(23)13-6-8-14(24-2)9-7-13/h3-9,12H,10-11H2,1-2H3/t12-/m1/s1. The number of hydrogen-bond donors (Lipinski definition) is 0. The molecule has 1 atom stereocenters. The van der Waals surface area contributed by atoms with E-state index in [1.807, 2.05) is 6.07 Å². The Bertz CT molecular complexity index is 940. The molecule has 0 bridgehead atoms. The average molecular weight is 323 g/mol. The first kappa shape index (κ1) is 14.9. The van der Waals surface area contributed by atoms with Gasteiger partial charge in [0.1, 0.15) is 11.6 Å². The van der Waals surface area contributed by atoms with Crippen molar-refractivity contribution in [2.45, 2.75) is 25.8 Å². The van der Waals surface area contributed by atoms with Crippen LogP contribution in [0.25, 0.3) is 10.9 Å². The SMILES string of the molecule is COc1ccc(C(=O)c2c3n(c4cccc(F)c24)CC[C@H]3C)cc1. The topological polar surface area (TPSA) is 31.2 Å². The fraction of sp³-hybridized carbons (Fsp3) is 0.250. The fourth-order valence-corrected chi connectivity index (χ4v) is 3.71. The molecule has 4 rings (SSSR count). The predicted octanol–water partition coefficient (Wildman–Crippen LogP) is 4.53. The molecule has 0 saturated heterocycles. The van der Waals surface area contributed by atoms with Crippen molar-refractivity contribution < 1.29 is 13.9 Å². The molecule has 0 amide bonds. The fourth-order valence-electron chi connectivity index (χ4n) is 3.71. The van der Waals surface area contributed by atoms with Gasteiger partial charge in [-0.15, -0.1) is 0 Å². The summed E-state index contributed by atoms with van der Waals surface area (Å²) in [7, 11) is 1.59. The lowest BCUT2D eigenvalue weighted by Crippen LogP contribution is -2.06. The Morgan fingerprint density at radius 1 is 1.21 bits per heavy atom. The minimum atomic E-state index is -0.335. The van der Waals surface area contributed by atoms with Crippen molar-refractivity contribution in [1.82, 2.24) is 4.57 Å². The molecule has 1 aliphatic heterocycles. The maximum atomic E-state index is 14.5. The molecule has 0 saturated carbocycles. The van der Waals surface area contributed by atoms with Crippen LogP contribution >= 0.6 is 0 Å². The molecule has 24 heavy (non-hydrogen) atoms. The van der Waals surface area contributed by atoms with Crippen LogP contribution in [0, 0.1) is 5.82 Å². The van der Waals surface area contributed by atoms with E-state index in [0.717, 1.165) is 24.2 Å². The Balaban J connectivity index is 1.95. The molecule has 0 fully saturated rings. The molecule has 2 heterocycles. The van der Waals surface area contributed by atoms with Gasteiger partial charge in [-0.25, -0.2) is 4.39 Å². The minimum absolute atomic E-state index is 0.129. The van der Waals surface area contributed by atoms with Crippen LogP contribution in [0.1, 0.15) is 40.9 Å². The Labute approximate surface area is 139 Å². The summed E-state index contributed by atoms with van der Waals surface area (Å²) >= 11 is 0. The van der Waals surface area contributed by atoms with Gasteiger partial charge in [0.05, 0.1) is 18.2 Å². The molecule has 0 radical (unpaired) electrons. The number of nitrogens with zero attached hydrogens (tertiary/aromatic N) is 1. The van der Waals surface area contributed by atoms with Crippen LogP contribution in [0.4, 0.5) is 4.39 Å². The summed E-state index contributed by atoms with van der Waals surface area (Å²) in [6.45, 7) is 2.92. The number of fused-ring (bicyclic) bond motifs is 3. The third-order valence-electron chi connectivity index (χ3n) is 4.91. The lowest BCUT2D eigenvalue weighted by molar-refractivity contribution is 0.103. The summed E-state index contributed by atoms with van der Waals surface area (Å²) in [6.07, 6.45) is 0.977. The first-order valence-corrected chi connectivity index (χ1v) is 8.11. The van der Waals surface area contributed by atoms with Crippen LogP contribution in [0.5, 0.6) is 5.75 Å². The largest absolute Gasteiger partial charge is 0.497 e. The zero-order valence-corrected chi connectivity index (χ0v) is 13.7. The van der Waals surface area contributed by atoms with Gasteiger partial charge < -0.3 is 9.30 Å². The van der Waals surface area contributed by atoms with E-state index in [-0.39, 0.29) is 17.5 Å². The monoisotopic (exact) mass is 323 g/mol. The molecular formula is C20H18FNO2. The van der Waals surface area contributed by atoms with E-state index >= 15 is 0 Å². The van der Waals surface area contributed by atoms with Crippen LogP contribution in [-0.4, -0.2) is 17.5 Å². The van der Waals surface area contributed by atoms with Gasteiger partial charge in [-0.1, -0.05) is 13.0 Å². The number of methoxy groups -OCH3 is 1. The number of carbonyl (C=O) groups excluding carboxylic acids is 1. The maximum Gasteiger partial charge on any atom is 0.195 e. The Hall–Kier alpha value is -2.62. The summed E-state index contributed by atoms with van der Waals surface area (Å²) in [6, 6.07) is 12.0. The van der Waals surface area contributed by atoms with Gasteiger partial charge in [0.15, 0.2) is 5.78 Å². The number of halogens is 1. The molecule has 0 aliphatic carbocycles. The molecule has 3 nitrogen and oxygen atoms in total. The van der Waals surface area contributed by atoms with Gasteiger partial charge in [-0.2, -0.15) is 0 Å². The summed E-state index contributed by atoms with van der Waals surface area (Å²) in [5, 5.41) is 0.444. The van der Waals surface area contributed by atoms with Crippen LogP contribution in [0.15, 0.2) is 42.5 Å². The van der Waals surface area contributed by atoms with E-state index in [1.54, 1.807) is 37.4 Å². The third kappa shape index (κ3) is 2.06. The third-order valence-corrected chi connectivity index (χ3v) is 4.91. The molecule has 2 aromatic carbocycles. The molecule has 122 valence electrons. The zero-order chi connectivity index (χ0) is 16.8. The molecular weight excluding hydrogens is 305 g/mol. The molecule has 0 spiro atoms. The van der Waals surface area contributed by atoms with Crippen molar-refractivity contribution >= 4 is 16.7 Å². The van der Waals surface area contributed by atoms with Crippen molar-refractivity contribution in [3.63, 3.8) is 0 Å². The normalized spacial score (nSPS) is 16.4. The molecule has 0 N–H and O–H groups in total. The van der Waals surface area contributed by atoms with Crippen molar-refractivity contribution in [2.75, 3.05) is 7.11 Å². The van der Waals surface area contributed by atoms with Gasteiger partial charge in [-0.05, 0) is 48.7 Å². The van der Waals surface area contributed by atoms with Crippen LogP contribution in [0.3, 0.4) is 0 Å². The second kappa shape index (κ2) is 5.48. The van der Waals surface area contributed by atoms with Gasteiger partial charge in [0, 0.05) is 23.2 Å². The minimum Gasteiger partial charge on any atom is -0.497 e. The first-order chi connectivity index (χ1) is 11.6. The van der Waals surface area contributed by atoms with E-state index in [4.69, 9.17) is 4.74 Å². The second-order valence-electron chi connectivity index (χ2n) is 6.29. The van der Waals surface area contributed by atoms with Crippen LogP contribution < -0.4 is 4.74 Å². The van der Waals surface area contributed by atoms with E-state index in [0.29, 0.717) is 22.3 Å². The zero-order valence-electron chi connectivity index (χ0n) is 13.7. The van der Waals surface area contributed by atoms with E-state index in [9.17, 15) is 9.18 Å². The number of aryl methyl sites for hydroxylation is 1. The number of ketones is 1. The number of hydrogen-bond acceptors (Lipinski definition) is 2. The quantitative estimate of drug-likeness (QED) is 0.663.